The number of methoxy groups -OCH3 is 1. The highest BCUT2D eigenvalue weighted by Gasteiger charge is 2.36. The molecule has 0 bridgehead atoms. The topological polar surface area (TPSA) is 95.9 Å². The van der Waals surface area contributed by atoms with Gasteiger partial charge in [0.2, 0.25) is 17.7 Å². The standard InChI is InChI=1S/C18H22N2O5/c1-25-13-4-5-14-12(9-13)3-2-8-18(14,24)11-19-15(21)10-20-16(22)6-7-17(20)23/h4-5,9,24H,2-3,6-8,10-11H2,1H3,(H,19,21). The maximum absolute atomic E-state index is 12.1. The third-order valence-electron chi connectivity index (χ3n) is 4.88. The lowest BCUT2D eigenvalue weighted by Crippen LogP contribution is -2.46. The molecule has 1 heterocycles. The number of imide groups is 1. The van der Waals surface area contributed by atoms with Crippen molar-refractivity contribution in [2.75, 3.05) is 20.2 Å². The molecule has 2 N–H and O–H groups in total. The van der Waals surface area contributed by atoms with Gasteiger partial charge in [-0.15, -0.1) is 0 Å². The first-order chi connectivity index (χ1) is 11.9. The van der Waals surface area contributed by atoms with Crippen molar-refractivity contribution in [1.29, 1.82) is 0 Å². The molecule has 7 heteroatoms. The number of aliphatic hydroxyl groups is 1. The number of likely N-dealkylation sites (tertiary alicyclic amines) is 1. The second kappa shape index (κ2) is 6.84. The van der Waals surface area contributed by atoms with Gasteiger partial charge in [-0.1, -0.05) is 6.07 Å². The lowest BCUT2D eigenvalue weighted by Gasteiger charge is -2.35. The fourth-order valence-corrected chi connectivity index (χ4v) is 3.49. The predicted molar refractivity (Wildman–Crippen MR) is 88.8 cm³/mol. The summed E-state index contributed by atoms with van der Waals surface area (Å²) in [7, 11) is 1.60. The third kappa shape index (κ3) is 3.51. The van der Waals surface area contributed by atoms with E-state index in [0.29, 0.717) is 6.42 Å². The van der Waals surface area contributed by atoms with E-state index in [-0.39, 0.29) is 37.7 Å². The molecule has 0 saturated carbocycles. The summed E-state index contributed by atoms with van der Waals surface area (Å²) >= 11 is 0. The molecule has 0 spiro atoms. The van der Waals surface area contributed by atoms with Crippen LogP contribution in [0.25, 0.3) is 0 Å². The van der Waals surface area contributed by atoms with Crippen molar-refractivity contribution >= 4 is 17.7 Å². The zero-order valence-corrected chi connectivity index (χ0v) is 14.2. The Morgan fingerprint density at radius 3 is 2.68 bits per heavy atom. The van der Waals surface area contributed by atoms with Crippen LogP contribution in [0.3, 0.4) is 0 Å². The monoisotopic (exact) mass is 346 g/mol. The average Bonchev–Trinajstić information content (AvgIpc) is 2.92. The summed E-state index contributed by atoms with van der Waals surface area (Å²) in [5.74, 6) is -0.362. The van der Waals surface area contributed by atoms with Crippen LogP contribution in [0.5, 0.6) is 5.75 Å². The van der Waals surface area contributed by atoms with Gasteiger partial charge >= 0.3 is 0 Å². The molecule has 3 rings (SSSR count). The molecule has 134 valence electrons. The molecule has 0 aromatic heterocycles. The Labute approximate surface area is 146 Å². The van der Waals surface area contributed by atoms with Crippen molar-refractivity contribution in [3.8, 4) is 5.75 Å². The van der Waals surface area contributed by atoms with Gasteiger partial charge in [0.15, 0.2) is 0 Å². The van der Waals surface area contributed by atoms with Gasteiger partial charge < -0.3 is 15.2 Å². The molecule has 1 fully saturated rings. The average molecular weight is 346 g/mol. The number of carbonyl (C=O) groups is 3. The number of benzene rings is 1. The van der Waals surface area contributed by atoms with E-state index in [0.717, 1.165) is 34.6 Å². The van der Waals surface area contributed by atoms with E-state index in [1.807, 2.05) is 12.1 Å². The highest BCUT2D eigenvalue weighted by atomic mass is 16.5. The first-order valence-corrected chi connectivity index (χ1v) is 8.42. The van der Waals surface area contributed by atoms with E-state index >= 15 is 0 Å². The molecule has 1 aliphatic heterocycles. The van der Waals surface area contributed by atoms with E-state index < -0.39 is 11.5 Å². The summed E-state index contributed by atoms with van der Waals surface area (Å²) < 4.78 is 5.22. The number of amides is 3. The maximum Gasteiger partial charge on any atom is 0.240 e. The van der Waals surface area contributed by atoms with Gasteiger partial charge in [0.1, 0.15) is 17.9 Å². The second-order valence-electron chi connectivity index (χ2n) is 6.56. The van der Waals surface area contributed by atoms with Crippen LogP contribution in [0.2, 0.25) is 0 Å². The number of rotatable bonds is 5. The van der Waals surface area contributed by atoms with Crippen LogP contribution in [-0.2, 0) is 26.4 Å². The van der Waals surface area contributed by atoms with E-state index in [1.54, 1.807) is 13.2 Å². The number of carbonyl (C=O) groups excluding carboxylic acids is 3. The third-order valence-corrected chi connectivity index (χ3v) is 4.88. The smallest absolute Gasteiger partial charge is 0.240 e. The van der Waals surface area contributed by atoms with Crippen molar-refractivity contribution in [2.45, 2.75) is 37.7 Å². The van der Waals surface area contributed by atoms with Crippen molar-refractivity contribution < 1.29 is 24.2 Å². The summed E-state index contributed by atoms with van der Waals surface area (Å²) in [6.07, 6.45) is 2.50. The van der Waals surface area contributed by atoms with E-state index in [2.05, 4.69) is 5.32 Å². The molecule has 25 heavy (non-hydrogen) atoms. The summed E-state index contributed by atoms with van der Waals surface area (Å²) in [5.41, 5.74) is 0.634. The van der Waals surface area contributed by atoms with Gasteiger partial charge in [-0.05, 0) is 42.5 Å². The lowest BCUT2D eigenvalue weighted by atomic mass is 9.79. The minimum atomic E-state index is -1.16. The summed E-state index contributed by atoms with van der Waals surface area (Å²) in [6.45, 7) is -0.245. The first-order valence-electron chi connectivity index (χ1n) is 8.42. The summed E-state index contributed by atoms with van der Waals surface area (Å²) in [6, 6.07) is 5.52. The van der Waals surface area contributed by atoms with Gasteiger partial charge in [0, 0.05) is 12.8 Å². The summed E-state index contributed by atoms with van der Waals surface area (Å²) in [4.78, 5) is 36.2. The Morgan fingerprint density at radius 2 is 2.00 bits per heavy atom. The number of ether oxygens (including phenoxy) is 1. The Kier molecular flexibility index (Phi) is 4.76. The fourth-order valence-electron chi connectivity index (χ4n) is 3.49. The SMILES string of the molecule is COc1ccc2c(c1)CCCC2(O)CNC(=O)CN1C(=O)CCC1=O. The Balaban J connectivity index is 1.66. The number of fused-ring (bicyclic) bond motifs is 1. The van der Waals surface area contributed by atoms with Crippen LogP contribution in [0.15, 0.2) is 18.2 Å². The van der Waals surface area contributed by atoms with E-state index in [9.17, 15) is 19.5 Å². The van der Waals surface area contributed by atoms with Crippen molar-refractivity contribution in [3.05, 3.63) is 29.3 Å². The molecule has 1 aromatic rings. The number of aryl methyl sites for hydroxylation is 1. The number of nitrogens with zero attached hydrogens (tertiary/aromatic N) is 1. The maximum atomic E-state index is 12.1. The zero-order chi connectivity index (χ0) is 18.0. The minimum Gasteiger partial charge on any atom is -0.497 e. The quantitative estimate of drug-likeness (QED) is 0.756. The molecule has 1 aromatic carbocycles. The largest absolute Gasteiger partial charge is 0.497 e. The van der Waals surface area contributed by atoms with E-state index in [1.165, 1.54) is 0 Å². The predicted octanol–water partition coefficient (Wildman–Crippen LogP) is 0.484. The molecule has 2 aliphatic rings. The van der Waals surface area contributed by atoms with Gasteiger partial charge in [0.25, 0.3) is 0 Å². The molecule has 3 amide bonds. The lowest BCUT2D eigenvalue weighted by molar-refractivity contribution is -0.142. The summed E-state index contributed by atoms with van der Waals surface area (Å²) in [5, 5.41) is 13.7. The van der Waals surface area contributed by atoms with Crippen LogP contribution in [0.1, 0.15) is 36.8 Å². The van der Waals surface area contributed by atoms with Crippen LogP contribution in [0, 0.1) is 0 Å². The van der Waals surface area contributed by atoms with Crippen LogP contribution < -0.4 is 10.1 Å². The van der Waals surface area contributed by atoms with Gasteiger partial charge in [-0.2, -0.15) is 0 Å². The Bertz CT molecular complexity index is 701. The molecule has 1 saturated heterocycles. The molecular formula is C18H22N2O5. The molecule has 0 radical (unpaired) electrons. The van der Waals surface area contributed by atoms with Gasteiger partial charge in [-0.25, -0.2) is 0 Å². The van der Waals surface area contributed by atoms with Gasteiger partial charge in [0.05, 0.1) is 13.7 Å². The zero-order valence-electron chi connectivity index (χ0n) is 14.2. The highest BCUT2D eigenvalue weighted by Crippen LogP contribution is 2.36. The minimum absolute atomic E-state index is 0.0430. The van der Waals surface area contributed by atoms with Crippen LogP contribution >= 0.6 is 0 Å². The first kappa shape index (κ1) is 17.4. The van der Waals surface area contributed by atoms with Crippen LogP contribution in [-0.4, -0.2) is 47.9 Å². The molecule has 1 unspecified atom stereocenters. The molecule has 1 aliphatic carbocycles. The fraction of sp³-hybridized carbons (Fsp3) is 0.500. The molecular weight excluding hydrogens is 324 g/mol. The molecule has 7 nitrogen and oxygen atoms in total. The Hall–Kier alpha value is -2.41. The van der Waals surface area contributed by atoms with Crippen molar-refractivity contribution in [3.63, 3.8) is 0 Å². The second-order valence-corrected chi connectivity index (χ2v) is 6.56. The number of nitrogens with one attached hydrogen (secondary N) is 1. The van der Waals surface area contributed by atoms with Crippen molar-refractivity contribution in [2.24, 2.45) is 0 Å². The number of hydrogen-bond acceptors (Lipinski definition) is 5. The van der Waals surface area contributed by atoms with E-state index in [4.69, 9.17) is 4.74 Å². The Morgan fingerprint density at radius 1 is 1.28 bits per heavy atom. The van der Waals surface area contributed by atoms with Crippen molar-refractivity contribution in [1.82, 2.24) is 10.2 Å². The number of hydrogen-bond donors (Lipinski definition) is 2. The van der Waals surface area contributed by atoms with Gasteiger partial charge in [-0.3, -0.25) is 19.3 Å². The normalized spacial score (nSPS) is 22.7. The highest BCUT2D eigenvalue weighted by molar-refractivity contribution is 6.04. The molecule has 1 atom stereocenters. The van der Waals surface area contributed by atoms with Crippen LogP contribution in [0.4, 0.5) is 0 Å².